The lowest BCUT2D eigenvalue weighted by molar-refractivity contribution is -0.184. The molecule has 1 heterocycles. The Bertz CT molecular complexity index is 502. The highest BCUT2D eigenvalue weighted by Gasteiger charge is 2.52. The maximum Gasteiger partial charge on any atom is 0.303 e. The van der Waals surface area contributed by atoms with E-state index in [-0.39, 0.29) is 0 Å². The molecule has 136 valence electrons. The molecule has 0 aliphatic carbocycles. The van der Waals surface area contributed by atoms with Gasteiger partial charge in [-0.15, -0.1) is 0 Å². The monoisotopic (exact) mass is 348 g/mol. The number of aliphatic hydroxyl groups is 1. The Morgan fingerprint density at radius 1 is 0.917 bits per heavy atom. The molecule has 1 rings (SSSR count). The Labute approximate surface area is 137 Å². The zero-order valence-corrected chi connectivity index (χ0v) is 13.7. The molecule has 0 aromatic heterocycles. The van der Waals surface area contributed by atoms with E-state index < -0.39 is 61.2 Å². The standard InChI is InChI=1S/C14H20O10/c1-6(15)20-5-10(21-7(2)16)11-12(22-8(3)17)13(14(19)24-11)23-9(4)18/h10-14,19H,5H2,1-4H3/t10-,11-,12-,13+,14+/m0/s1. The second-order valence-corrected chi connectivity index (χ2v) is 5.09. The van der Waals surface area contributed by atoms with E-state index in [1.165, 1.54) is 0 Å². The number of rotatable bonds is 6. The predicted molar refractivity (Wildman–Crippen MR) is 74.2 cm³/mol. The first-order valence-electron chi connectivity index (χ1n) is 7.10. The van der Waals surface area contributed by atoms with Gasteiger partial charge in [0.25, 0.3) is 0 Å². The molecule has 1 aliphatic rings. The second-order valence-electron chi connectivity index (χ2n) is 5.09. The van der Waals surface area contributed by atoms with Crippen molar-refractivity contribution in [2.24, 2.45) is 0 Å². The number of aliphatic hydroxyl groups excluding tert-OH is 1. The normalized spacial score (nSPS) is 27.0. The van der Waals surface area contributed by atoms with Crippen LogP contribution in [0.2, 0.25) is 0 Å². The molecule has 1 N–H and O–H groups in total. The molecule has 10 nitrogen and oxygen atoms in total. The third-order valence-electron chi connectivity index (χ3n) is 2.96. The van der Waals surface area contributed by atoms with Crippen LogP contribution in [-0.2, 0) is 42.9 Å². The molecule has 0 radical (unpaired) electrons. The fraction of sp³-hybridized carbons (Fsp3) is 0.714. The molecular weight excluding hydrogens is 328 g/mol. The van der Waals surface area contributed by atoms with E-state index in [9.17, 15) is 24.3 Å². The molecule has 5 atom stereocenters. The first kappa shape index (κ1) is 19.8. The molecule has 0 spiro atoms. The smallest absolute Gasteiger partial charge is 0.303 e. The molecule has 0 saturated carbocycles. The van der Waals surface area contributed by atoms with E-state index in [4.69, 9.17) is 23.7 Å². The Morgan fingerprint density at radius 3 is 1.92 bits per heavy atom. The van der Waals surface area contributed by atoms with Crippen molar-refractivity contribution in [1.29, 1.82) is 0 Å². The SMILES string of the molecule is CC(=O)OC[C@H](OC(C)=O)[C@@H]1O[C@@H](O)[C@H](OC(C)=O)[C@H]1OC(C)=O. The lowest BCUT2D eigenvalue weighted by atomic mass is 10.1. The van der Waals surface area contributed by atoms with Crippen molar-refractivity contribution < 1.29 is 48.0 Å². The van der Waals surface area contributed by atoms with Gasteiger partial charge in [-0.1, -0.05) is 0 Å². The first-order valence-corrected chi connectivity index (χ1v) is 7.10. The summed E-state index contributed by atoms with van der Waals surface area (Å²) >= 11 is 0. The fourth-order valence-corrected chi connectivity index (χ4v) is 2.22. The van der Waals surface area contributed by atoms with Gasteiger partial charge in [0.2, 0.25) is 0 Å². The van der Waals surface area contributed by atoms with E-state index in [1.807, 2.05) is 0 Å². The summed E-state index contributed by atoms with van der Waals surface area (Å²) in [6.45, 7) is 4.10. The third-order valence-corrected chi connectivity index (χ3v) is 2.96. The molecule has 0 aromatic rings. The minimum Gasteiger partial charge on any atom is -0.462 e. The summed E-state index contributed by atoms with van der Waals surface area (Å²) in [6.07, 6.45) is -6.55. The van der Waals surface area contributed by atoms with Crippen molar-refractivity contribution in [3.63, 3.8) is 0 Å². The highest BCUT2D eigenvalue weighted by Crippen LogP contribution is 2.29. The van der Waals surface area contributed by atoms with Crippen molar-refractivity contribution in [2.75, 3.05) is 6.61 Å². The minimum absolute atomic E-state index is 0.392. The van der Waals surface area contributed by atoms with Gasteiger partial charge in [0.1, 0.15) is 12.7 Å². The zero-order chi connectivity index (χ0) is 18.4. The lowest BCUT2D eigenvalue weighted by Crippen LogP contribution is -2.46. The van der Waals surface area contributed by atoms with Crippen molar-refractivity contribution >= 4 is 23.9 Å². The number of carbonyl (C=O) groups is 4. The summed E-state index contributed by atoms with van der Waals surface area (Å²) in [5.41, 5.74) is 0. The number of hydrogen-bond acceptors (Lipinski definition) is 10. The van der Waals surface area contributed by atoms with E-state index in [1.54, 1.807) is 0 Å². The van der Waals surface area contributed by atoms with Crippen LogP contribution in [0.3, 0.4) is 0 Å². The summed E-state index contributed by atoms with van der Waals surface area (Å²) in [6, 6.07) is 0. The lowest BCUT2D eigenvalue weighted by Gasteiger charge is -2.27. The van der Waals surface area contributed by atoms with Crippen LogP contribution in [0.1, 0.15) is 27.7 Å². The molecule has 0 unspecified atom stereocenters. The van der Waals surface area contributed by atoms with Crippen LogP contribution < -0.4 is 0 Å². The molecule has 0 aromatic carbocycles. The molecule has 10 heteroatoms. The van der Waals surface area contributed by atoms with Crippen molar-refractivity contribution in [1.82, 2.24) is 0 Å². The highest BCUT2D eigenvalue weighted by atomic mass is 16.7. The van der Waals surface area contributed by atoms with Gasteiger partial charge in [0.05, 0.1) is 0 Å². The summed E-state index contributed by atoms with van der Waals surface area (Å²) in [7, 11) is 0. The van der Waals surface area contributed by atoms with Gasteiger partial charge in [0, 0.05) is 27.7 Å². The van der Waals surface area contributed by atoms with Crippen LogP contribution in [0.5, 0.6) is 0 Å². The van der Waals surface area contributed by atoms with E-state index in [0.717, 1.165) is 27.7 Å². The number of ether oxygens (including phenoxy) is 5. The number of esters is 4. The Hall–Kier alpha value is -2.20. The molecule has 24 heavy (non-hydrogen) atoms. The molecule has 1 saturated heterocycles. The zero-order valence-electron chi connectivity index (χ0n) is 13.7. The van der Waals surface area contributed by atoms with Gasteiger partial charge in [-0.25, -0.2) is 0 Å². The largest absolute Gasteiger partial charge is 0.462 e. The van der Waals surface area contributed by atoms with Crippen LogP contribution >= 0.6 is 0 Å². The van der Waals surface area contributed by atoms with Crippen LogP contribution in [0.15, 0.2) is 0 Å². The third kappa shape index (κ3) is 5.78. The van der Waals surface area contributed by atoms with Crippen LogP contribution in [-0.4, -0.2) is 66.3 Å². The Balaban J connectivity index is 3.03. The van der Waals surface area contributed by atoms with Gasteiger partial charge in [-0.3, -0.25) is 19.2 Å². The van der Waals surface area contributed by atoms with Gasteiger partial charge in [-0.2, -0.15) is 0 Å². The average Bonchev–Trinajstić information content (AvgIpc) is 2.70. The van der Waals surface area contributed by atoms with Crippen LogP contribution in [0.4, 0.5) is 0 Å². The topological polar surface area (TPSA) is 135 Å². The van der Waals surface area contributed by atoms with Crippen molar-refractivity contribution in [3.8, 4) is 0 Å². The number of hydrogen-bond donors (Lipinski definition) is 1. The van der Waals surface area contributed by atoms with E-state index in [0.29, 0.717) is 0 Å². The van der Waals surface area contributed by atoms with Gasteiger partial charge >= 0.3 is 23.9 Å². The van der Waals surface area contributed by atoms with Crippen molar-refractivity contribution in [2.45, 2.75) is 58.4 Å². The quantitative estimate of drug-likeness (QED) is 0.473. The Kier molecular flexibility index (Phi) is 7.11. The minimum atomic E-state index is -1.61. The van der Waals surface area contributed by atoms with Crippen LogP contribution in [0.25, 0.3) is 0 Å². The number of carbonyl (C=O) groups excluding carboxylic acids is 4. The highest BCUT2D eigenvalue weighted by molar-refractivity contribution is 5.68. The Morgan fingerprint density at radius 2 is 1.46 bits per heavy atom. The first-order chi connectivity index (χ1) is 11.1. The summed E-state index contributed by atoms with van der Waals surface area (Å²) in [5.74, 6) is -2.80. The summed E-state index contributed by atoms with van der Waals surface area (Å²) in [4.78, 5) is 44.7. The van der Waals surface area contributed by atoms with E-state index >= 15 is 0 Å². The average molecular weight is 348 g/mol. The second kappa shape index (κ2) is 8.60. The summed E-state index contributed by atoms with van der Waals surface area (Å²) < 4.78 is 25.0. The summed E-state index contributed by atoms with van der Waals surface area (Å²) in [5, 5.41) is 9.91. The predicted octanol–water partition coefficient (Wildman–Crippen LogP) is -0.938. The molecule has 1 fully saturated rings. The van der Waals surface area contributed by atoms with Crippen molar-refractivity contribution in [3.05, 3.63) is 0 Å². The van der Waals surface area contributed by atoms with Gasteiger partial charge in [-0.05, 0) is 0 Å². The molecule has 1 aliphatic heterocycles. The van der Waals surface area contributed by atoms with Gasteiger partial charge < -0.3 is 28.8 Å². The fourth-order valence-electron chi connectivity index (χ4n) is 2.22. The van der Waals surface area contributed by atoms with Crippen LogP contribution in [0, 0.1) is 0 Å². The molecule has 0 bridgehead atoms. The van der Waals surface area contributed by atoms with E-state index in [2.05, 4.69) is 0 Å². The van der Waals surface area contributed by atoms with Gasteiger partial charge in [0.15, 0.2) is 24.6 Å². The maximum absolute atomic E-state index is 11.3. The maximum atomic E-state index is 11.3. The molecular formula is C14H20O10. The molecule has 0 amide bonds.